The molecule has 0 atom stereocenters. The van der Waals surface area contributed by atoms with Gasteiger partial charge in [0.1, 0.15) is 5.75 Å². The van der Waals surface area contributed by atoms with Gasteiger partial charge in [0.25, 0.3) is 5.91 Å². The molecule has 1 aliphatic carbocycles. The van der Waals surface area contributed by atoms with Crippen LogP contribution in [-0.2, 0) is 0 Å². The van der Waals surface area contributed by atoms with Crippen molar-refractivity contribution in [2.24, 2.45) is 0 Å². The molecule has 5 nitrogen and oxygen atoms in total. The summed E-state index contributed by atoms with van der Waals surface area (Å²) in [6, 6.07) is 4.44. The van der Waals surface area contributed by atoms with Gasteiger partial charge in [-0.2, -0.15) is 0 Å². The first-order valence-electron chi connectivity index (χ1n) is 5.38. The molecule has 0 heterocycles. The number of hydrogen-bond donors (Lipinski definition) is 2. The van der Waals surface area contributed by atoms with E-state index in [0.717, 1.165) is 12.8 Å². The largest absolute Gasteiger partial charge is 0.490 e. The fourth-order valence-corrected chi connectivity index (χ4v) is 1.48. The van der Waals surface area contributed by atoms with Gasteiger partial charge in [-0.1, -0.05) is 0 Å². The summed E-state index contributed by atoms with van der Waals surface area (Å²) in [5.41, 5.74) is 0.102. The molecule has 17 heavy (non-hydrogen) atoms. The Morgan fingerprint density at radius 2 is 2.06 bits per heavy atom. The highest BCUT2D eigenvalue weighted by Gasteiger charge is 2.24. The molecule has 1 aromatic rings. The molecule has 0 spiro atoms. The summed E-state index contributed by atoms with van der Waals surface area (Å²) < 4.78 is 5.52. The third-order valence-corrected chi connectivity index (χ3v) is 2.52. The number of nitrogens with one attached hydrogen (secondary N) is 1. The van der Waals surface area contributed by atoms with Gasteiger partial charge in [-0.05, 0) is 31.0 Å². The first-order valence-corrected chi connectivity index (χ1v) is 5.38. The normalized spacial score (nSPS) is 14.2. The van der Waals surface area contributed by atoms with E-state index in [1.165, 1.54) is 19.2 Å². The first-order chi connectivity index (χ1) is 8.11. The van der Waals surface area contributed by atoms with Gasteiger partial charge in [-0.25, -0.2) is 4.79 Å². The van der Waals surface area contributed by atoms with Crippen LogP contribution < -0.4 is 10.1 Å². The zero-order chi connectivity index (χ0) is 12.4. The molecule has 1 fully saturated rings. The Bertz CT molecular complexity index is 466. The molecule has 0 unspecified atom stereocenters. The molecule has 0 aliphatic heterocycles. The average molecular weight is 235 g/mol. The summed E-state index contributed by atoms with van der Waals surface area (Å²) in [7, 11) is 1.46. The summed E-state index contributed by atoms with van der Waals surface area (Å²) in [4.78, 5) is 22.5. The maximum atomic E-state index is 11.6. The molecule has 0 aromatic heterocycles. The molecule has 2 N–H and O–H groups in total. The van der Waals surface area contributed by atoms with E-state index in [1.807, 2.05) is 0 Å². The van der Waals surface area contributed by atoms with Crippen LogP contribution in [0.3, 0.4) is 0 Å². The smallest absolute Gasteiger partial charge is 0.336 e. The van der Waals surface area contributed by atoms with Crippen molar-refractivity contribution in [3.8, 4) is 5.75 Å². The summed E-state index contributed by atoms with van der Waals surface area (Å²) in [5, 5.41) is 11.4. The van der Waals surface area contributed by atoms with Gasteiger partial charge in [-0.3, -0.25) is 4.79 Å². The standard InChI is InChI=1S/C12H13NO4/c1-13-11(14)10-6-8(17-7-2-3-7)4-5-9(10)12(15)16/h4-7H,2-3H2,1H3,(H,13,14)(H,15,16). The van der Waals surface area contributed by atoms with Crippen molar-refractivity contribution in [3.05, 3.63) is 29.3 Å². The minimum absolute atomic E-state index is 0.0208. The van der Waals surface area contributed by atoms with Crippen molar-refractivity contribution in [2.75, 3.05) is 7.05 Å². The number of ether oxygens (including phenoxy) is 1. The fourth-order valence-electron chi connectivity index (χ4n) is 1.48. The van der Waals surface area contributed by atoms with E-state index >= 15 is 0 Å². The number of benzene rings is 1. The molecule has 2 rings (SSSR count). The van der Waals surface area contributed by atoms with Crippen molar-refractivity contribution < 1.29 is 19.4 Å². The molecule has 5 heteroatoms. The monoisotopic (exact) mass is 235 g/mol. The van der Waals surface area contributed by atoms with Crippen LogP contribution in [0.4, 0.5) is 0 Å². The number of aromatic carboxylic acids is 1. The first kappa shape index (κ1) is 11.4. The molecule has 1 amide bonds. The highest BCUT2D eigenvalue weighted by molar-refractivity contribution is 6.05. The van der Waals surface area contributed by atoms with Crippen molar-refractivity contribution in [2.45, 2.75) is 18.9 Å². The topological polar surface area (TPSA) is 75.6 Å². The maximum Gasteiger partial charge on any atom is 0.336 e. The lowest BCUT2D eigenvalue weighted by atomic mass is 10.1. The van der Waals surface area contributed by atoms with Crippen LogP contribution in [0.15, 0.2) is 18.2 Å². The number of amides is 1. The Morgan fingerprint density at radius 3 is 2.59 bits per heavy atom. The second kappa shape index (κ2) is 4.45. The number of carbonyl (C=O) groups is 2. The molecular weight excluding hydrogens is 222 g/mol. The van der Waals surface area contributed by atoms with Gasteiger partial charge < -0.3 is 15.2 Å². The van der Waals surface area contributed by atoms with E-state index in [4.69, 9.17) is 9.84 Å². The second-order valence-electron chi connectivity index (χ2n) is 3.91. The quantitative estimate of drug-likeness (QED) is 0.824. The SMILES string of the molecule is CNC(=O)c1cc(OC2CC2)ccc1C(=O)O. The number of carboxylic acids is 1. The van der Waals surface area contributed by atoms with E-state index in [0.29, 0.717) is 5.75 Å². The van der Waals surface area contributed by atoms with Crippen LogP contribution in [0.5, 0.6) is 5.75 Å². The van der Waals surface area contributed by atoms with Gasteiger partial charge in [-0.15, -0.1) is 0 Å². The summed E-state index contributed by atoms with van der Waals surface area (Å²) >= 11 is 0. The molecular formula is C12H13NO4. The van der Waals surface area contributed by atoms with E-state index in [1.54, 1.807) is 6.07 Å². The summed E-state index contributed by atoms with van der Waals surface area (Å²) in [6.07, 6.45) is 2.23. The van der Waals surface area contributed by atoms with Crippen molar-refractivity contribution in [1.29, 1.82) is 0 Å². The molecule has 90 valence electrons. The predicted molar refractivity (Wildman–Crippen MR) is 60.4 cm³/mol. The molecule has 1 aromatic carbocycles. The fraction of sp³-hybridized carbons (Fsp3) is 0.333. The van der Waals surface area contributed by atoms with Crippen LogP contribution in [-0.4, -0.2) is 30.1 Å². The number of rotatable bonds is 4. The second-order valence-corrected chi connectivity index (χ2v) is 3.91. The van der Waals surface area contributed by atoms with Crippen molar-refractivity contribution >= 4 is 11.9 Å². The Morgan fingerprint density at radius 1 is 1.35 bits per heavy atom. The zero-order valence-electron chi connectivity index (χ0n) is 9.40. The Labute approximate surface area is 98.4 Å². The molecule has 0 radical (unpaired) electrons. The maximum absolute atomic E-state index is 11.6. The van der Waals surface area contributed by atoms with Crippen molar-refractivity contribution in [1.82, 2.24) is 5.32 Å². The minimum atomic E-state index is -1.12. The Balaban J connectivity index is 2.34. The van der Waals surface area contributed by atoms with Gasteiger partial charge in [0.15, 0.2) is 0 Å². The van der Waals surface area contributed by atoms with Crippen LogP contribution >= 0.6 is 0 Å². The van der Waals surface area contributed by atoms with E-state index in [-0.39, 0.29) is 17.2 Å². The van der Waals surface area contributed by atoms with Crippen LogP contribution in [0.25, 0.3) is 0 Å². The van der Waals surface area contributed by atoms with E-state index in [9.17, 15) is 9.59 Å². The number of carbonyl (C=O) groups excluding carboxylic acids is 1. The average Bonchev–Trinajstić information content (AvgIpc) is 3.11. The lowest BCUT2D eigenvalue weighted by Crippen LogP contribution is -2.21. The minimum Gasteiger partial charge on any atom is -0.490 e. The van der Waals surface area contributed by atoms with Gasteiger partial charge in [0.2, 0.25) is 0 Å². The molecule has 0 saturated heterocycles. The van der Waals surface area contributed by atoms with Crippen LogP contribution in [0, 0.1) is 0 Å². The van der Waals surface area contributed by atoms with E-state index in [2.05, 4.69) is 5.32 Å². The Hall–Kier alpha value is -2.04. The van der Waals surface area contributed by atoms with Crippen LogP contribution in [0.1, 0.15) is 33.6 Å². The van der Waals surface area contributed by atoms with Gasteiger partial charge >= 0.3 is 5.97 Å². The number of hydrogen-bond acceptors (Lipinski definition) is 3. The molecule has 0 bridgehead atoms. The highest BCUT2D eigenvalue weighted by atomic mass is 16.5. The third-order valence-electron chi connectivity index (χ3n) is 2.52. The van der Waals surface area contributed by atoms with Gasteiger partial charge in [0, 0.05) is 7.05 Å². The zero-order valence-corrected chi connectivity index (χ0v) is 9.40. The van der Waals surface area contributed by atoms with Gasteiger partial charge in [0.05, 0.1) is 17.2 Å². The molecule has 1 aliphatic rings. The third kappa shape index (κ3) is 2.55. The lowest BCUT2D eigenvalue weighted by molar-refractivity contribution is 0.0691. The predicted octanol–water partition coefficient (Wildman–Crippen LogP) is 1.29. The highest BCUT2D eigenvalue weighted by Crippen LogP contribution is 2.28. The number of carboxylic acid groups (broad SMARTS) is 1. The Kier molecular flexibility index (Phi) is 2.99. The van der Waals surface area contributed by atoms with Crippen molar-refractivity contribution in [3.63, 3.8) is 0 Å². The van der Waals surface area contributed by atoms with E-state index < -0.39 is 11.9 Å². The molecule has 1 saturated carbocycles. The summed E-state index contributed by atoms with van der Waals surface area (Å²) in [5.74, 6) is -1.01. The van der Waals surface area contributed by atoms with Crippen LogP contribution in [0.2, 0.25) is 0 Å². The summed E-state index contributed by atoms with van der Waals surface area (Å²) in [6.45, 7) is 0. The lowest BCUT2D eigenvalue weighted by Gasteiger charge is -2.09.